The predicted molar refractivity (Wildman–Crippen MR) is 138 cm³/mol. The second kappa shape index (κ2) is 10.9. The molecule has 1 aliphatic carbocycles. The van der Waals surface area contributed by atoms with Gasteiger partial charge in [0.1, 0.15) is 0 Å². The van der Waals surface area contributed by atoms with Gasteiger partial charge >= 0.3 is 5.97 Å². The molecule has 1 saturated carbocycles. The van der Waals surface area contributed by atoms with Crippen LogP contribution in [0.15, 0.2) is 52.7 Å². The lowest BCUT2D eigenvalue weighted by Crippen LogP contribution is -2.06. The molecule has 1 fully saturated rings. The molecule has 9 nitrogen and oxygen atoms in total. The van der Waals surface area contributed by atoms with Crippen LogP contribution in [0.4, 0.5) is 4.39 Å². The standard InChI is InChI=1S/C25H23FN4O4S2.H2O/c1-34-22-12-16(6-9-19(22)26)23-18(10-14-4-7-17(8-5-14)36(27)33)21(11-15-2-3-15)30(29-23)25-28-20(13-35-25)24(31)32;/h4-9,12-13,15H,2-3,10-11H2,1H3,(H2,27,33)(H,31,32);1H2. The van der Waals surface area contributed by atoms with Crippen LogP contribution in [0.1, 0.15) is 40.2 Å². The molecule has 4 N–H and O–H groups in total. The van der Waals surface area contributed by atoms with E-state index < -0.39 is 22.8 Å². The molecule has 0 saturated heterocycles. The average Bonchev–Trinajstić information content (AvgIpc) is 3.42. The Labute approximate surface area is 218 Å². The third kappa shape index (κ3) is 5.62. The van der Waals surface area contributed by atoms with E-state index in [-0.39, 0.29) is 16.9 Å². The molecule has 194 valence electrons. The molecule has 0 aliphatic heterocycles. The van der Waals surface area contributed by atoms with Crippen LogP contribution in [-0.2, 0) is 28.0 Å². The van der Waals surface area contributed by atoms with E-state index in [4.69, 9.17) is 15.0 Å². The first-order valence-corrected chi connectivity index (χ1v) is 13.5. The highest BCUT2D eigenvalue weighted by Crippen LogP contribution is 2.38. The van der Waals surface area contributed by atoms with Gasteiger partial charge in [-0.15, -0.1) is 16.5 Å². The lowest BCUT2D eigenvalue weighted by Gasteiger charge is -2.09. The summed E-state index contributed by atoms with van der Waals surface area (Å²) < 4.78 is 32.8. The Balaban J connectivity index is 0.00000320. The quantitative estimate of drug-likeness (QED) is 0.237. The molecule has 2 aromatic heterocycles. The number of methoxy groups -OCH3 is 1. The van der Waals surface area contributed by atoms with Crippen molar-refractivity contribution in [3.63, 3.8) is 0 Å². The summed E-state index contributed by atoms with van der Waals surface area (Å²) in [5.74, 6) is -0.957. The Kier molecular flexibility index (Phi) is 7.83. The van der Waals surface area contributed by atoms with E-state index in [1.54, 1.807) is 28.9 Å². The highest BCUT2D eigenvalue weighted by molar-refractivity contribution is 7.82. The first-order valence-electron chi connectivity index (χ1n) is 11.3. The molecule has 1 atom stereocenters. The summed E-state index contributed by atoms with van der Waals surface area (Å²) in [5.41, 5.74) is 4.12. The van der Waals surface area contributed by atoms with Crippen LogP contribution in [0.3, 0.4) is 0 Å². The van der Waals surface area contributed by atoms with Gasteiger partial charge in [0, 0.05) is 22.9 Å². The molecule has 0 spiro atoms. The second-order valence-electron chi connectivity index (χ2n) is 8.67. The van der Waals surface area contributed by atoms with Gasteiger partial charge < -0.3 is 15.3 Å². The zero-order valence-corrected chi connectivity index (χ0v) is 21.5. The van der Waals surface area contributed by atoms with Gasteiger partial charge in [0.2, 0.25) is 5.13 Å². The average molecular weight is 545 g/mol. The Hall–Kier alpha value is -3.45. The van der Waals surface area contributed by atoms with Crippen molar-refractivity contribution in [2.24, 2.45) is 11.1 Å². The van der Waals surface area contributed by atoms with Gasteiger partial charge in [-0.05, 0) is 61.1 Å². The topological polar surface area (TPSA) is 150 Å². The number of thiazole rings is 1. The number of nitrogens with zero attached hydrogens (tertiary/aromatic N) is 3. The summed E-state index contributed by atoms with van der Waals surface area (Å²) in [7, 11) is -0.518. The van der Waals surface area contributed by atoms with Gasteiger partial charge in [-0.2, -0.15) is 5.10 Å². The van der Waals surface area contributed by atoms with Crippen molar-refractivity contribution in [2.75, 3.05) is 7.11 Å². The zero-order valence-electron chi connectivity index (χ0n) is 19.8. The Morgan fingerprint density at radius 2 is 2.00 bits per heavy atom. The number of hydrogen-bond donors (Lipinski definition) is 2. The fraction of sp³-hybridized carbons (Fsp3) is 0.240. The van der Waals surface area contributed by atoms with E-state index in [2.05, 4.69) is 4.98 Å². The summed E-state index contributed by atoms with van der Waals surface area (Å²) in [6, 6.07) is 11.9. The molecule has 0 amide bonds. The molecule has 4 aromatic rings. The summed E-state index contributed by atoms with van der Waals surface area (Å²) in [6.45, 7) is 0. The van der Waals surface area contributed by atoms with Gasteiger partial charge in [0.25, 0.3) is 0 Å². The summed E-state index contributed by atoms with van der Waals surface area (Å²) in [4.78, 5) is 16.3. The number of carbonyl (C=O) groups is 1. The first kappa shape index (κ1) is 26.6. The number of aromatic carboxylic acids is 1. The monoisotopic (exact) mass is 544 g/mol. The summed E-state index contributed by atoms with van der Waals surface area (Å²) in [5, 5.41) is 21.8. The van der Waals surface area contributed by atoms with Crippen molar-refractivity contribution in [2.45, 2.75) is 30.6 Å². The number of halogens is 1. The molecule has 37 heavy (non-hydrogen) atoms. The van der Waals surface area contributed by atoms with Crippen LogP contribution >= 0.6 is 11.3 Å². The number of hydrogen-bond acceptors (Lipinski definition) is 7. The molecule has 12 heteroatoms. The van der Waals surface area contributed by atoms with Crippen molar-refractivity contribution >= 4 is 28.3 Å². The number of aromatic nitrogens is 3. The van der Waals surface area contributed by atoms with Crippen LogP contribution in [0.2, 0.25) is 0 Å². The van der Waals surface area contributed by atoms with Crippen molar-refractivity contribution in [1.29, 1.82) is 0 Å². The molecule has 1 unspecified atom stereocenters. The molecular weight excluding hydrogens is 519 g/mol. The first-order chi connectivity index (χ1) is 17.3. The van der Waals surface area contributed by atoms with Crippen LogP contribution in [0.5, 0.6) is 5.75 Å². The number of rotatable bonds is 9. The predicted octanol–water partition coefficient (Wildman–Crippen LogP) is 4.14. The Morgan fingerprint density at radius 1 is 1.27 bits per heavy atom. The molecule has 5 rings (SSSR count). The van der Waals surface area contributed by atoms with Crippen LogP contribution in [0, 0.1) is 11.7 Å². The minimum absolute atomic E-state index is 0. The van der Waals surface area contributed by atoms with Gasteiger partial charge in [0.05, 0.1) is 18.5 Å². The van der Waals surface area contributed by atoms with Crippen molar-refractivity contribution < 1.29 is 28.7 Å². The van der Waals surface area contributed by atoms with E-state index in [1.165, 1.54) is 29.9 Å². The number of benzene rings is 2. The maximum absolute atomic E-state index is 14.2. The van der Waals surface area contributed by atoms with Gasteiger partial charge in [-0.3, -0.25) is 0 Å². The Bertz CT molecular complexity index is 1460. The van der Waals surface area contributed by atoms with Gasteiger partial charge in [0.15, 0.2) is 33.1 Å². The lowest BCUT2D eigenvalue weighted by atomic mass is 9.97. The number of carboxylic acids is 1. The highest BCUT2D eigenvalue weighted by Gasteiger charge is 2.29. The third-order valence-electron chi connectivity index (χ3n) is 6.16. The fourth-order valence-electron chi connectivity index (χ4n) is 4.10. The Morgan fingerprint density at radius 3 is 2.59 bits per heavy atom. The van der Waals surface area contributed by atoms with Crippen LogP contribution in [-0.4, -0.2) is 38.4 Å². The molecule has 0 radical (unpaired) electrons. The lowest BCUT2D eigenvalue weighted by molar-refractivity contribution is 0.0691. The molecule has 2 aromatic carbocycles. The van der Waals surface area contributed by atoms with E-state index in [9.17, 15) is 18.5 Å². The molecule has 2 heterocycles. The maximum Gasteiger partial charge on any atom is 0.355 e. The summed E-state index contributed by atoms with van der Waals surface area (Å²) in [6.07, 6.45) is 3.49. The molecule has 0 bridgehead atoms. The summed E-state index contributed by atoms with van der Waals surface area (Å²) >= 11 is 1.21. The molecule has 1 aliphatic rings. The van der Waals surface area contributed by atoms with Crippen LogP contribution in [0.25, 0.3) is 16.4 Å². The smallest absolute Gasteiger partial charge is 0.355 e. The number of nitrogens with two attached hydrogens (primary N) is 1. The third-order valence-corrected chi connectivity index (χ3v) is 7.78. The van der Waals surface area contributed by atoms with E-state index in [1.807, 2.05) is 12.1 Å². The van der Waals surface area contributed by atoms with Crippen molar-refractivity contribution in [3.05, 3.63) is 76.2 Å². The number of thiol groups is 1. The van der Waals surface area contributed by atoms with Crippen molar-refractivity contribution in [3.8, 4) is 22.1 Å². The number of carboxylic acid groups (broad SMARTS) is 1. The normalized spacial score (nSPS) is 13.7. The fourth-order valence-corrected chi connectivity index (χ4v) is 5.31. The van der Waals surface area contributed by atoms with E-state index >= 15 is 0 Å². The van der Waals surface area contributed by atoms with Crippen LogP contribution < -0.4 is 9.88 Å². The minimum Gasteiger partial charge on any atom is -0.870 e. The maximum atomic E-state index is 14.2. The van der Waals surface area contributed by atoms with Gasteiger partial charge in [-0.25, -0.2) is 18.9 Å². The zero-order chi connectivity index (χ0) is 25.4. The minimum atomic E-state index is -1.93. The van der Waals surface area contributed by atoms with E-state index in [0.29, 0.717) is 33.6 Å². The SMILES string of the molecule is COc1cc(-c2nn(-c3nc(C(=O)O)cs3)c(CC3CC3)c2Cc2ccc([SH+](N)=O)cc2)ccc1F.[OH-]. The number of ether oxygens (including phenoxy) is 1. The second-order valence-corrected chi connectivity index (χ2v) is 10.7. The van der Waals surface area contributed by atoms with Gasteiger partial charge in [-0.1, -0.05) is 16.3 Å². The largest absolute Gasteiger partial charge is 0.870 e. The highest BCUT2D eigenvalue weighted by atomic mass is 32.2. The molecular formula is C25H25FN4O5S2. The van der Waals surface area contributed by atoms with Crippen molar-refractivity contribution in [1.82, 2.24) is 14.8 Å². The van der Waals surface area contributed by atoms with E-state index in [0.717, 1.165) is 36.1 Å².